The maximum atomic E-state index is 12.3. The Bertz CT molecular complexity index is 390. The van der Waals surface area contributed by atoms with Gasteiger partial charge < -0.3 is 5.32 Å². The van der Waals surface area contributed by atoms with Crippen molar-refractivity contribution in [2.45, 2.75) is 64.8 Å². The van der Waals surface area contributed by atoms with E-state index in [0.717, 1.165) is 5.92 Å². The number of halogens is 1. The summed E-state index contributed by atoms with van der Waals surface area (Å²) >= 11 is 5.83. The van der Waals surface area contributed by atoms with Gasteiger partial charge >= 0.3 is 0 Å². The fourth-order valence-corrected chi connectivity index (χ4v) is 6.18. The maximum absolute atomic E-state index is 12.3. The lowest BCUT2D eigenvalue weighted by Crippen LogP contribution is -2.65. The van der Waals surface area contributed by atoms with Crippen LogP contribution in [0.2, 0.25) is 0 Å². The molecule has 4 bridgehead atoms. The lowest BCUT2D eigenvalue weighted by molar-refractivity contribution is -0.141. The average molecular weight is 284 g/mol. The molecule has 2 nitrogen and oxygen atoms in total. The van der Waals surface area contributed by atoms with Crippen molar-refractivity contribution in [1.82, 2.24) is 5.32 Å². The standard InChI is InChI=1S/C16H26ClNO/c1-11(7-17)13(19)18-16-6-12-4-14(2,9-16)8-15(3,5-12)10-16/h11-12H,4-10H2,1-3H3,(H,18,19). The van der Waals surface area contributed by atoms with E-state index in [4.69, 9.17) is 11.6 Å². The van der Waals surface area contributed by atoms with Gasteiger partial charge in [-0.25, -0.2) is 0 Å². The summed E-state index contributed by atoms with van der Waals surface area (Å²) in [5, 5.41) is 3.40. The molecular formula is C16H26ClNO. The largest absolute Gasteiger partial charge is 0.350 e. The van der Waals surface area contributed by atoms with Crippen molar-refractivity contribution in [3.8, 4) is 0 Å². The first-order chi connectivity index (χ1) is 8.77. The van der Waals surface area contributed by atoms with Crippen LogP contribution in [-0.2, 0) is 4.79 Å². The van der Waals surface area contributed by atoms with Crippen LogP contribution in [0.3, 0.4) is 0 Å². The van der Waals surface area contributed by atoms with Crippen molar-refractivity contribution in [2.24, 2.45) is 22.7 Å². The molecule has 0 spiro atoms. The molecular weight excluding hydrogens is 258 g/mol. The topological polar surface area (TPSA) is 29.1 Å². The van der Waals surface area contributed by atoms with Gasteiger partial charge in [-0.2, -0.15) is 0 Å². The van der Waals surface area contributed by atoms with Crippen LogP contribution in [-0.4, -0.2) is 17.3 Å². The number of carbonyl (C=O) groups is 1. The van der Waals surface area contributed by atoms with Crippen LogP contribution in [0.1, 0.15) is 59.3 Å². The van der Waals surface area contributed by atoms with Crippen LogP contribution in [0.15, 0.2) is 0 Å². The van der Waals surface area contributed by atoms with E-state index in [1.54, 1.807) is 0 Å². The number of alkyl halides is 1. The van der Waals surface area contributed by atoms with Crippen molar-refractivity contribution in [3.05, 3.63) is 0 Å². The molecule has 1 N–H and O–H groups in total. The zero-order valence-corrected chi connectivity index (χ0v) is 13.1. The fourth-order valence-electron chi connectivity index (χ4n) is 6.04. The molecule has 1 amide bonds. The van der Waals surface area contributed by atoms with Crippen molar-refractivity contribution >= 4 is 17.5 Å². The molecule has 4 fully saturated rings. The summed E-state index contributed by atoms with van der Waals surface area (Å²) in [5.41, 5.74) is 0.970. The maximum Gasteiger partial charge on any atom is 0.224 e. The highest BCUT2D eigenvalue weighted by atomic mass is 35.5. The minimum Gasteiger partial charge on any atom is -0.350 e. The molecule has 3 heteroatoms. The first-order valence-electron chi connectivity index (χ1n) is 7.65. The highest BCUT2D eigenvalue weighted by Gasteiger charge is 2.60. The Kier molecular flexibility index (Phi) is 2.98. The number of nitrogens with one attached hydrogen (secondary N) is 1. The number of carbonyl (C=O) groups excluding carboxylic acids is 1. The van der Waals surface area contributed by atoms with E-state index in [1.807, 2.05) is 6.92 Å². The van der Waals surface area contributed by atoms with Crippen LogP contribution in [0.25, 0.3) is 0 Å². The van der Waals surface area contributed by atoms with Gasteiger partial charge in [0, 0.05) is 17.3 Å². The second-order valence-corrected chi connectivity index (χ2v) is 8.76. The summed E-state index contributed by atoms with van der Waals surface area (Å²) in [6.45, 7) is 6.79. The van der Waals surface area contributed by atoms with E-state index < -0.39 is 0 Å². The molecule has 0 aliphatic heterocycles. The fraction of sp³-hybridized carbons (Fsp3) is 0.938. The molecule has 4 rings (SSSR count). The van der Waals surface area contributed by atoms with E-state index in [-0.39, 0.29) is 17.4 Å². The van der Waals surface area contributed by atoms with Gasteiger partial charge in [-0.1, -0.05) is 20.8 Å². The predicted octanol–water partition coefficient (Wildman–Crippen LogP) is 3.73. The van der Waals surface area contributed by atoms with Crippen molar-refractivity contribution < 1.29 is 4.79 Å². The van der Waals surface area contributed by atoms with Gasteiger partial charge in [0.25, 0.3) is 0 Å². The molecule has 0 aromatic rings. The molecule has 19 heavy (non-hydrogen) atoms. The number of rotatable bonds is 3. The lowest BCUT2D eigenvalue weighted by atomic mass is 9.43. The Morgan fingerprint density at radius 3 is 2.26 bits per heavy atom. The van der Waals surface area contributed by atoms with Crippen LogP contribution in [0.4, 0.5) is 0 Å². The Morgan fingerprint density at radius 2 is 1.79 bits per heavy atom. The molecule has 0 heterocycles. The first kappa shape index (κ1) is 13.7. The molecule has 3 unspecified atom stereocenters. The molecule has 0 saturated heterocycles. The van der Waals surface area contributed by atoms with Crippen molar-refractivity contribution in [3.63, 3.8) is 0 Å². The zero-order valence-electron chi connectivity index (χ0n) is 12.4. The Balaban J connectivity index is 1.83. The average Bonchev–Trinajstić information content (AvgIpc) is 2.21. The third-order valence-electron chi connectivity index (χ3n) is 5.69. The van der Waals surface area contributed by atoms with Gasteiger partial charge in [0.05, 0.1) is 0 Å². The van der Waals surface area contributed by atoms with Crippen LogP contribution in [0, 0.1) is 22.7 Å². The third kappa shape index (κ3) is 2.30. The second-order valence-electron chi connectivity index (χ2n) is 8.45. The summed E-state index contributed by atoms with van der Waals surface area (Å²) < 4.78 is 0. The van der Waals surface area contributed by atoms with Gasteiger partial charge in [0.2, 0.25) is 5.91 Å². The van der Waals surface area contributed by atoms with Gasteiger partial charge in [-0.15, -0.1) is 11.6 Å². The minimum atomic E-state index is -0.0738. The van der Waals surface area contributed by atoms with E-state index >= 15 is 0 Å². The zero-order chi connectivity index (χ0) is 13.9. The molecule has 0 aromatic carbocycles. The van der Waals surface area contributed by atoms with Crippen molar-refractivity contribution in [2.75, 3.05) is 5.88 Å². The summed E-state index contributed by atoms with van der Waals surface area (Å²) in [6.07, 6.45) is 7.62. The van der Waals surface area contributed by atoms with E-state index in [2.05, 4.69) is 19.2 Å². The number of amides is 1. The molecule has 0 radical (unpaired) electrons. The summed E-state index contributed by atoms with van der Waals surface area (Å²) in [4.78, 5) is 12.3. The van der Waals surface area contributed by atoms with Crippen molar-refractivity contribution in [1.29, 1.82) is 0 Å². The van der Waals surface area contributed by atoms with Crippen LogP contribution < -0.4 is 5.32 Å². The van der Waals surface area contributed by atoms with E-state index in [0.29, 0.717) is 16.7 Å². The minimum absolute atomic E-state index is 0.0698. The molecule has 108 valence electrons. The van der Waals surface area contributed by atoms with Gasteiger partial charge in [0.15, 0.2) is 0 Å². The lowest BCUT2D eigenvalue weighted by Gasteiger charge is -2.65. The molecule has 4 saturated carbocycles. The highest BCUT2D eigenvalue weighted by Crippen LogP contribution is 2.66. The SMILES string of the molecule is CC(CCl)C(=O)NC12CC3CC(C)(CC(C)(C3)C1)C2. The predicted molar refractivity (Wildman–Crippen MR) is 78.2 cm³/mol. The van der Waals surface area contributed by atoms with Gasteiger partial charge in [0.1, 0.15) is 0 Å². The van der Waals surface area contributed by atoms with Gasteiger partial charge in [-0.05, 0) is 55.3 Å². The Morgan fingerprint density at radius 1 is 1.21 bits per heavy atom. The molecule has 4 aliphatic rings. The Labute approximate surface area is 121 Å². The molecule has 4 aliphatic carbocycles. The smallest absolute Gasteiger partial charge is 0.224 e. The monoisotopic (exact) mass is 283 g/mol. The van der Waals surface area contributed by atoms with Gasteiger partial charge in [-0.3, -0.25) is 4.79 Å². The Hall–Kier alpha value is -0.240. The first-order valence-corrected chi connectivity index (χ1v) is 8.19. The van der Waals surface area contributed by atoms with E-state index in [1.165, 1.54) is 38.5 Å². The molecule has 3 atom stereocenters. The van der Waals surface area contributed by atoms with E-state index in [9.17, 15) is 4.79 Å². The molecule has 0 aromatic heterocycles. The highest BCUT2D eigenvalue weighted by molar-refractivity contribution is 6.19. The summed E-state index contributed by atoms with van der Waals surface area (Å²) in [5.74, 6) is 1.32. The number of hydrogen-bond acceptors (Lipinski definition) is 1. The van der Waals surface area contributed by atoms with Crippen LogP contribution >= 0.6 is 11.6 Å². The summed E-state index contributed by atoms with van der Waals surface area (Å²) in [6, 6.07) is 0. The summed E-state index contributed by atoms with van der Waals surface area (Å²) in [7, 11) is 0. The van der Waals surface area contributed by atoms with Crippen LogP contribution in [0.5, 0.6) is 0 Å². The quantitative estimate of drug-likeness (QED) is 0.786. The second kappa shape index (κ2) is 4.13. The number of hydrogen-bond donors (Lipinski definition) is 1. The third-order valence-corrected chi connectivity index (χ3v) is 6.16. The normalized spacial score (nSPS) is 49.2.